The summed E-state index contributed by atoms with van der Waals surface area (Å²) >= 11 is 0. The third-order valence-electron chi connectivity index (χ3n) is 2.62. The van der Waals surface area contributed by atoms with E-state index in [4.69, 9.17) is 10.5 Å². The Kier molecular flexibility index (Phi) is 5.12. The van der Waals surface area contributed by atoms with Gasteiger partial charge in [-0.3, -0.25) is 4.79 Å². The van der Waals surface area contributed by atoms with Crippen molar-refractivity contribution in [2.45, 2.75) is 25.9 Å². The highest BCUT2D eigenvalue weighted by molar-refractivity contribution is 5.82. The van der Waals surface area contributed by atoms with Crippen LogP contribution in [-0.2, 0) is 9.53 Å². The molecule has 1 aromatic carbocycles. The van der Waals surface area contributed by atoms with Crippen LogP contribution in [0.2, 0.25) is 0 Å². The minimum Gasteiger partial charge on any atom is -0.383 e. The molecule has 0 aliphatic carbocycles. The first-order valence-corrected chi connectivity index (χ1v) is 5.66. The number of methoxy groups -OCH3 is 1. The predicted octanol–water partition coefficient (Wildman–Crippen LogP) is 1.15. The number of amides is 1. The van der Waals surface area contributed by atoms with Gasteiger partial charge in [-0.25, -0.2) is 0 Å². The van der Waals surface area contributed by atoms with E-state index in [1.807, 2.05) is 38.1 Å². The van der Waals surface area contributed by atoms with E-state index in [0.717, 1.165) is 5.56 Å². The van der Waals surface area contributed by atoms with Crippen molar-refractivity contribution < 1.29 is 9.53 Å². The van der Waals surface area contributed by atoms with E-state index in [9.17, 15) is 4.79 Å². The molecule has 0 aliphatic rings. The number of nitrogens with one attached hydrogen (secondary N) is 1. The molecule has 17 heavy (non-hydrogen) atoms. The smallest absolute Gasteiger partial charge is 0.239 e. The van der Waals surface area contributed by atoms with E-state index in [-0.39, 0.29) is 18.6 Å². The molecular weight excluding hydrogens is 216 g/mol. The van der Waals surface area contributed by atoms with Crippen molar-refractivity contribution in [3.05, 3.63) is 35.4 Å². The van der Waals surface area contributed by atoms with Crippen LogP contribution in [0.3, 0.4) is 0 Å². The average molecular weight is 236 g/mol. The molecule has 0 spiro atoms. The maximum absolute atomic E-state index is 11.7. The van der Waals surface area contributed by atoms with Crippen LogP contribution in [0.1, 0.15) is 24.1 Å². The predicted molar refractivity (Wildman–Crippen MR) is 67.6 cm³/mol. The Morgan fingerprint density at radius 3 is 2.53 bits per heavy atom. The van der Waals surface area contributed by atoms with Gasteiger partial charge in [0.05, 0.1) is 12.6 Å². The summed E-state index contributed by atoms with van der Waals surface area (Å²) in [6.07, 6.45) is 0. The summed E-state index contributed by atoms with van der Waals surface area (Å²) in [5, 5.41) is 2.86. The first-order chi connectivity index (χ1) is 8.04. The molecule has 0 bridgehead atoms. The maximum atomic E-state index is 11.7. The Hall–Kier alpha value is -1.39. The Morgan fingerprint density at radius 1 is 1.41 bits per heavy atom. The molecule has 2 unspecified atom stereocenters. The van der Waals surface area contributed by atoms with Crippen LogP contribution in [-0.4, -0.2) is 25.7 Å². The van der Waals surface area contributed by atoms with Gasteiger partial charge in [-0.2, -0.15) is 0 Å². The van der Waals surface area contributed by atoms with Crippen LogP contribution in [0.25, 0.3) is 0 Å². The lowest BCUT2D eigenvalue weighted by atomic mass is 10.1. The van der Waals surface area contributed by atoms with Crippen LogP contribution in [0, 0.1) is 6.92 Å². The van der Waals surface area contributed by atoms with Crippen LogP contribution < -0.4 is 11.1 Å². The van der Waals surface area contributed by atoms with E-state index in [1.54, 1.807) is 0 Å². The topological polar surface area (TPSA) is 64.3 Å². The monoisotopic (exact) mass is 236 g/mol. The van der Waals surface area contributed by atoms with Crippen LogP contribution >= 0.6 is 0 Å². The van der Waals surface area contributed by atoms with E-state index in [0.29, 0.717) is 0 Å². The Labute approximate surface area is 102 Å². The highest BCUT2D eigenvalue weighted by Crippen LogP contribution is 2.12. The number of benzene rings is 1. The summed E-state index contributed by atoms with van der Waals surface area (Å²) in [4.78, 5) is 11.7. The summed E-state index contributed by atoms with van der Waals surface area (Å²) in [6, 6.07) is 7.38. The van der Waals surface area contributed by atoms with E-state index in [2.05, 4.69) is 5.32 Å². The lowest BCUT2D eigenvalue weighted by Crippen LogP contribution is -2.44. The highest BCUT2D eigenvalue weighted by Gasteiger charge is 2.16. The first kappa shape index (κ1) is 13.7. The lowest BCUT2D eigenvalue weighted by molar-refractivity contribution is -0.124. The Bertz CT molecular complexity index is 362. The zero-order valence-corrected chi connectivity index (χ0v) is 10.6. The number of hydrogen-bond donors (Lipinski definition) is 2. The summed E-state index contributed by atoms with van der Waals surface area (Å²) in [6.45, 7) is 4.19. The first-order valence-electron chi connectivity index (χ1n) is 5.66. The van der Waals surface area contributed by atoms with E-state index >= 15 is 0 Å². The molecule has 0 aliphatic heterocycles. The molecule has 0 aromatic heterocycles. The molecule has 2 atom stereocenters. The number of carbonyl (C=O) groups is 1. The van der Waals surface area contributed by atoms with E-state index < -0.39 is 6.04 Å². The number of aryl methyl sites for hydroxylation is 1. The molecule has 3 N–H and O–H groups in total. The summed E-state index contributed by atoms with van der Waals surface area (Å²) in [7, 11) is 1.52. The van der Waals surface area contributed by atoms with Crippen molar-refractivity contribution in [2.75, 3.05) is 13.7 Å². The van der Waals surface area contributed by atoms with E-state index in [1.165, 1.54) is 12.7 Å². The van der Waals surface area contributed by atoms with Gasteiger partial charge < -0.3 is 15.8 Å². The number of carbonyl (C=O) groups excluding carboxylic acids is 1. The van der Waals surface area contributed by atoms with Gasteiger partial charge in [-0.1, -0.05) is 29.8 Å². The second-order valence-corrected chi connectivity index (χ2v) is 4.20. The molecule has 1 aromatic rings. The molecule has 0 radical (unpaired) electrons. The van der Waals surface area contributed by atoms with Gasteiger partial charge in [0.25, 0.3) is 0 Å². The summed E-state index contributed by atoms with van der Waals surface area (Å²) < 4.78 is 4.84. The second kappa shape index (κ2) is 6.37. The lowest BCUT2D eigenvalue weighted by Gasteiger charge is -2.17. The quantitative estimate of drug-likeness (QED) is 0.806. The molecular formula is C13H20N2O2. The van der Waals surface area contributed by atoms with Crippen LogP contribution in [0.15, 0.2) is 24.3 Å². The Morgan fingerprint density at radius 2 is 2.00 bits per heavy atom. The molecule has 0 saturated carbocycles. The van der Waals surface area contributed by atoms with Crippen molar-refractivity contribution in [1.82, 2.24) is 5.32 Å². The third kappa shape index (κ3) is 4.17. The fourth-order valence-electron chi connectivity index (χ4n) is 1.51. The molecule has 0 fully saturated rings. The average Bonchev–Trinajstić information content (AvgIpc) is 2.30. The van der Waals surface area contributed by atoms with Crippen molar-refractivity contribution in [2.24, 2.45) is 5.73 Å². The standard InChI is InChI=1S/C13H20N2O2/c1-9-4-6-11(7-5-9)10(2)15-13(16)12(14)8-17-3/h4-7,10,12H,8,14H2,1-3H3,(H,15,16). The van der Waals surface area contributed by atoms with Crippen molar-refractivity contribution in [1.29, 1.82) is 0 Å². The van der Waals surface area contributed by atoms with Gasteiger partial charge in [-0.15, -0.1) is 0 Å². The van der Waals surface area contributed by atoms with Gasteiger partial charge in [0.1, 0.15) is 6.04 Å². The van der Waals surface area contributed by atoms with Gasteiger partial charge in [0.15, 0.2) is 0 Å². The molecule has 0 saturated heterocycles. The SMILES string of the molecule is COCC(N)C(=O)NC(C)c1ccc(C)cc1. The maximum Gasteiger partial charge on any atom is 0.239 e. The highest BCUT2D eigenvalue weighted by atomic mass is 16.5. The molecule has 94 valence electrons. The number of rotatable bonds is 5. The fraction of sp³-hybridized carbons (Fsp3) is 0.462. The van der Waals surface area contributed by atoms with Crippen molar-refractivity contribution in [3.8, 4) is 0 Å². The molecule has 0 heterocycles. The molecule has 1 amide bonds. The third-order valence-corrected chi connectivity index (χ3v) is 2.62. The minimum absolute atomic E-state index is 0.0500. The zero-order chi connectivity index (χ0) is 12.8. The normalized spacial score (nSPS) is 14.1. The minimum atomic E-state index is -0.618. The van der Waals surface area contributed by atoms with Crippen LogP contribution in [0.5, 0.6) is 0 Å². The van der Waals surface area contributed by atoms with Gasteiger partial charge in [-0.05, 0) is 19.4 Å². The van der Waals surface area contributed by atoms with Gasteiger partial charge in [0, 0.05) is 7.11 Å². The molecule has 1 rings (SSSR count). The molecule has 4 nitrogen and oxygen atoms in total. The van der Waals surface area contributed by atoms with Crippen molar-refractivity contribution >= 4 is 5.91 Å². The van der Waals surface area contributed by atoms with Gasteiger partial charge in [0.2, 0.25) is 5.91 Å². The van der Waals surface area contributed by atoms with Crippen molar-refractivity contribution in [3.63, 3.8) is 0 Å². The van der Waals surface area contributed by atoms with Gasteiger partial charge >= 0.3 is 0 Å². The Balaban J connectivity index is 2.57. The number of hydrogen-bond acceptors (Lipinski definition) is 3. The number of nitrogens with two attached hydrogens (primary N) is 1. The summed E-state index contributed by atoms with van der Waals surface area (Å²) in [5.74, 6) is -0.195. The van der Waals surface area contributed by atoms with Crippen LogP contribution in [0.4, 0.5) is 0 Å². The molecule has 4 heteroatoms. The second-order valence-electron chi connectivity index (χ2n) is 4.20. The largest absolute Gasteiger partial charge is 0.383 e. The number of ether oxygens (including phenoxy) is 1. The fourth-order valence-corrected chi connectivity index (χ4v) is 1.51. The zero-order valence-electron chi connectivity index (χ0n) is 10.6. The summed E-state index contributed by atoms with van der Waals surface area (Å²) in [5.41, 5.74) is 7.90.